The van der Waals surface area contributed by atoms with Crippen molar-refractivity contribution in [3.8, 4) is 55.6 Å². The van der Waals surface area contributed by atoms with E-state index in [1.165, 1.54) is 0 Å². The smallest absolute Gasteiger partial charge is 0.0645 e. The van der Waals surface area contributed by atoms with E-state index in [4.69, 9.17) is 0 Å². The fourth-order valence-electron chi connectivity index (χ4n) is 6.33. The first kappa shape index (κ1) is 21.4. The number of benzene rings is 9. The molecule has 9 rings (SSSR count). The van der Waals surface area contributed by atoms with E-state index in [0.29, 0.717) is 16.7 Å². The predicted octanol–water partition coefficient (Wildman–Crippen LogP) is 14.6. The standard InChI is InChI=1S/C52H37N/c1-3-11-38(12-4-1)41-23-29-50(30-24-41)53(51-31-25-42(26-32-51)46-18-9-17-45(35-46)39-13-5-2-6-14-39)52-33-27-43(28-34-52)47-19-10-20-48(36-47)49-22-21-40-15-7-8-16-44(40)37-49/h1-37H/i23D,24D,25D,26D,27D,28D,29D,30D,31D,32D,33D,34D. The van der Waals surface area contributed by atoms with Crippen LogP contribution in [0.5, 0.6) is 0 Å². The molecule has 0 spiro atoms. The second-order valence-electron chi connectivity index (χ2n) is 12.5. The van der Waals surface area contributed by atoms with Gasteiger partial charge < -0.3 is 4.90 Å². The molecule has 0 heterocycles. The van der Waals surface area contributed by atoms with Crippen LogP contribution >= 0.6 is 0 Å². The molecule has 0 bridgehead atoms. The minimum atomic E-state index is -0.669. The van der Waals surface area contributed by atoms with Gasteiger partial charge in [-0.25, -0.2) is 0 Å². The Labute approximate surface area is 328 Å². The van der Waals surface area contributed by atoms with Gasteiger partial charge in [-0.05, 0) is 121 Å². The topological polar surface area (TPSA) is 3.24 Å². The SMILES string of the molecule is [2H]c1c([2H])c(N(c2c([2H])c([2H])c(-c3cccc(-c4ccccc4)c3)c([2H])c2[2H])c2c([2H])c([2H])c(-c3cccc(-c4ccc5ccccc5c4)c3)c([2H])c2[2H])c([2H])c([2H])c1-c1ccccc1. The molecule has 0 aromatic heterocycles. The summed E-state index contributed by atoms with van der Waals surface area (Å²) < 4.78 is 113. The molecule has 1 nitrogen and oxygen atoms in total. The number of rotatable bonds is 8. The van der Waals surface area contributed by atoms with Gasteiger partial charge in [0.25, 0.3) is 0 Å². The van der Waals surface area contributed by atoms with Crippen LogP contribution in [-0.4, -0.2) is 0 Å². The third-order valence-corrected chi connectivity index (χ3v) is 9.06. The van der Waals surface area contributed by atoms with Gasteiger partial charge in [-0.3, -0.25) is 0 Å². The summed E-state index contributed by atoms with van der Waals surface area (Å²) in [7, 11) is 0. The van der Waals surface area contributed by atoms with Gasteiger partial charge in [0.2, 0.25) is 0 Å². The highest BCUT2D eigenvalue weighted by Gasteiger charge is 2.14. The minimum absolute atomic E-state index is 0.0429. The number of fused-ring (bicyclic) bond motifs is 1. The van der Waals surface area contributed by atoms with Crippen LogP contribution in [-0.2, 0) is 0 Å². The van der Waals surface area contributed by atoms with E-state index in [9.17, 15) is 16.4 Å². The summed E-state index contributed by atoms with van der Waals surface area (Å²) in [6, 6.07) is 38.7. The van der Waals surface area contributed by atoms with Gasteiger partial charge in [-0.15, -0.1) is 0 Å². The number of hydrogen-bond acceptors (Lipinski definition) is 1. The van der Waals surface area contributed by atoms with Crippen molar-refractivity contribution in [2.24, 2.45) is 0 Å². The van der Waals surface area contributed by atoms with Gasteiger partial charge >= 0.3 is 0 Å². The van der Waals surface area contributed by atoms with Crippen molar-refractivity contribution in [1.29, 1.82) is 0 Å². The highest BCUT2D eigenvalue weighted by Crippen LogP contribution is 2.38. The zero-order chi connectivity index (χ0) is 45.8. The first-order valence-electron chi connectivity index (χ1n) is 23.2. The Morgan fingerprint density at radius 3 is 1.08 bits per heavy atom. The summed E-state index contributed by atoms with van der Waals surface area (Å²) in [6.45, 7) is 0. The third kappa shape index (κ3) is 6.77. The molecule has 1 heteroatoms. The Hall–Kier alpha value is -6.96. The summed E-state index contributed by atoms with van der Waals surface area (Å²) in [5.41, 5.74) is 2.48. The van der Waals surface area contributed by atoms with Crippen molar-refractivity contribution < 1.29 is 16.4 Å². The van der Waals surface area contributed by atoms with Crippen LogP contribution in [0.2, 0.25) is 0 Å². The Kier molecular flexibility index (Phi) is 5.80. The lowest BCUT2D eigenvalue weighted by Gasteiger charge is -2.26. The maximum Gasteiger partial charge on any atom is 0.0645 e. The largest absolute Gasteiger partial charge is 0.311 e. The quantitative estimate of drug-likeness (QED) is 0.154. The monoisotopic (exact) mass is 687 g/mol. The number of hydrogen-bond donors (Lipinski definition) is 0. The lowest BCUT2D eigenvalue weighted by atomic mass is 9.97. The summed E-state index contributed by atoms with van der Waals surface area (Å²) in [4.78, 5) is 0.844. The summed E-state index contributed by atoms with van der Waals surface area (Å²) in [6.07, 6.45) is 0. The summed E-state index contributed by atoms with van der Waals surface area (Å²) in [5, 5.41) is 2.07. The van der Waals surface area contributed by atoms with Crippen molar-refractivity contribution in [2.75, 3.05) is 4.90 Å². The Morgan fingerprint density at radius 2 is 0.585 bits per heavy atom. The molecule has 9 aromatic rings. The molecular formula is C52H37N. The molecule has 0 fully saturated rings. The Bertz CT molecular complexity index is 3270. The molecule has 0 radical (unpaired) electrons. The predicted molar refractivity (Wildman–Crippen MR) is 226 cm³/mol. The van der Waals surface area contributed by atoms with Crippen molar-refractivity contribution >= 4 is 27.8 Å². The molecule has 0 aliphatic carbocycles. The molecule has 250 valence electrons. The second-order valence-corrected chi connectivity index (χ2v) is 12.5. The van der Waals surface area contributed by atoms with E-state index >= 15 is 0 Å². The van der Waals surface area contributed by atoms with E-state index in [2.05, 4.69) is 0 Å². The number of anilines is 3. The van der Waals surface area contributed by atoms with Crippen molar-refractivity contribution in [1.82, 2.24) is 0 Å². The molecular weight excluding hydrogens is 639 g/mol. The van der Waals surface area contributed by atoms with Crippen LogP contribution in [0.1, 0.15) is 16.4 Å². The molecule has 0 atom stereocenters. The van der Waals surface area contributed by atoms with Crippen LogP contribution in [0, 0.1) is 0 Å². The van der Waals surface area contributed by atoms with Crippen LogP contribution in [0.15, 0.2) is 224 Å². The fraction of sp³-hybridized carbons (Fsp3) is 0. The van der Waals surface area contributed by atoms with E-state index in [-0.39, 0.29) is 16.7 Å². The molecule has 0 N–H and O–H groups in total. The van der Waals surface area contributed by atoms with E-state index in [1.54, 1.807) is 66.7 Å². The van der Waals surface area contributed by atoms with Crippen molar-refractivity contribution in [3.05, 3.63) is 224 Å². The van der Waals surface area contributed by atoms with E-state index in [0.717, 1.165) is 37.9 Å². The Balaban J connectivity index is 1.29. The average molecular weight is 688 g/mol. The van der Waals surface area contributed by atoms with E-state index in [1.807, 2.05) is 84.9 Å². The molecule has 0 saturated heterocycles. The molecule has 53 heavy (non-hydrogen) atoms. The first-order valence-corrected chi connectivity index (χ1v) is 17.2. The molecule has 0 aliphatic heterocycles. The lowest BCUT2D eigenvalue weighted by Crippen LogP contribution is -2.09. The molecule has 0 saturated carbocycles. The van der Waals surface area contributed by atoms with Gasteiger partial charge in [0.05, 0.1) is 16.4 Å². The second kappa shape index (κ2) is 14.3. The summed E-state index contributed by atoms with van der Waals surface area (Å²) >= 11 is 0. The van der Waals surface area contributed by atoms with E-state index < -0.39 is 89.6 Å². The maximum absolute atomic E-state index is 9.55. The van der Waals surface area contributed by atoms with Gasteiger partial charge in [0, 0.05) is 17.1 Å². The van der Waals surface area contributed by atoms with Gasteiger partial charge in [0.1, 0.15) is 0 Å². The van der Waals surface area contributed by atoms with Gasteiger partial charge in [-0.2, -0.15) is 0 Å². The molecule has 9 aromatic carbocycles. The molecule has 0 aliphatic rings. The van der Waals surface area contributed by atoms with Gasteiger partial charge in [-0.1, -0.05) is 170 Å². The maximum atomic E-state index is 9.55. The van der Waals surface area contributed by atoms with Crippen LogP contribution in [0.3, 0.4) is 0 Å². The third-order valence-electron chi connectivity index (χ3n) is 9.06. The minimum Gasteiger partial charge on any atom is -0.311 e. The van der Waals surface area contributed by atoms with Crippen LogP contribution < -0.4 is 4.90 Å². The molecule has 0 amide bonds. The van der Waals surface area contributed by atoms with Gasteiger partial charge in [0.15, 0.2) is 0 Å². The molecule has 0 unspecified atom stereocenters. The average Bonchev–Trinajstić information content (AvgIpc) is 3.33. The highest BCUT2D eigenvalue weighted by molar-refractivity contribution is 5.88. The van der Waals surface area contributed by atoms with Crippen LogP contribution in [0.25, 0.3) is 66.4 Å². The summed E-state index contributed by atoms with van der Waals surface area (Å²) in [5.74, 6) is 0. The Morgan fingerprint density at radius 1 is 0.245 bits per heavy atom. The fourth-order valence-corrected chi connectivity index (χ4v) is 6.33. The zero-order valence-electron chi connectivity index (χ0n) is 40.4. The zero-order valence-corrected chi connectivity index (χ0v) is 28.4. The normalized spacial score (nSPS) is 14.2. The first-order chi connectivity index (χ1) is 31.3. The van der Waals surface area contributed by atoms with Crippen molar-refractivity contribution in [2.45, 2.75) is 0 Å². The highest BCUT2D eigenvalue weighted by atomic mass is 15.1. The van der Waals surface area contributed by atoms with Crippen LogP contribution in [0.4, 0.5) is 17.1 Å². The van der Waals surface area contributed by atoms with Crippen molar-refractivity contribution in [3.63, 3.8) is 0 Å². The lowest BCUT2D eigenvalue weighted by molar-refractivity contribution is 1.28. The number of nitrogens with zero attached hydrogens (tertiary/aromatic N) is 1.